The van der Waals surface area contributed by atoms with Crippen LogP contribution in [0.3, 0.4) is 0 Å². The van der Waals surface area contributed by atoms with Gasteiger partial charge in [-0.05, 0) is 13.0 Å². The van der Waals surface area contributed by atoms with Crippen LogP contribution in [0.15, 0.2) is 54.6 Å². The lowest BCUT2D eigenvalue weighted by Gasteiger charge is -2.27. The van der Waals surface area contributed by atoms with Crippen molar-refractivity contribution in [3.05, 3.63) is 71.3 Å². The SMILES string of the molecule is C[C@](O)(C#C[C@@](O)(c1ccccc1)C(F)(F)F)c1ccccc1C(F)(F)F. The first-order valence-corrected chi connectivity index (χ1v) is 7.57. The predicted molar refractivity (Wildman–Crippen MR) is 85.2 cm³/mol. The van der Waals surface area contributed by atoms with Crippen LogP contribution < -0.4 is 0 Å². The van der Waals surface area contributed by atoms with E-state index in [1.54, 1.807) is 5.92 Å². The number of hydrogen-bond acceptors (Lipinski definition) is 2. The number of benzene rings is 2. The van der Waals surface area contributed by atoms with E-state index >= 15 is 0 Å². The van der Waals surface area contributed by atoms with Crippen LogP contribution in [0.5, 0.6) is 0 Å². The first-order chi connectivity index (χ1) is 12.3. The lowest BCUT2D eigenvalue weighted by Crippen LogP contribution is -2.41. The largest absolute Gasteiger partial charge is 0.433 e. The van der Waals surface area contributed by atoms with E-state index in [1.807, 2.05) is 0 Å². The molecular weight excluding hydrogens is 374 g/mol. The minimum Gasteiger partial charge on any atom is -0.374 e. The lowest BCUT2D eigenvalue weighted by atomic mass is 9.88. The molecule has 27 heavy (non-hydrogen) atoms. The third kappa shape index (κ3) is 4.26. The molecule has 2 atom stereocenters. The van der Waals surface area contributed by atoms with E-state index in [0.29, 0.717) is 6.07 Å². The van der Waals surface area contributed by atoms with Crippen molar-refractivity contribution in [2.75, 3.05) is 0 Å². The molecule has 0 aliphatic carbocycles. The Hall–Kier alpha value is -2.50. The van der Waals surface area contributed by atoms with E-state index in [1.165, 1.54) is 30.2 Å². The summed E-state index contributed by atoms with van der Waals surface area (Å²) in [5.41, 5.74) is -8.84. The minimum absolute atomic E-state index is 0.620. The van der Waals surface area contributed by atoms with Crippen molar-refractivity contribution in [3.8, 4) is 11.8 Å². The van der Waals surface area contributed by atoms with Crippen LogP contribution >= 0.6 is 0 Å². The fourth-order valence-electron chi connectivity index (χ4n) is 2.42. The Bertz CT molecular complexity index is 859. The summed E-state index contributed by atoms with van der Waals surface area (Å²) in [6.45, 7) is 0.826. The summed E-state index contributed by atoms with van der Waals surface area (Å²) in [6.07, 6.45) is -10.1. The molecule has 0 aromatic heterocycles. The van der Waals surface area contributed by atoms with E-state index in [4.69, 9.17) is 0 Å². The molecule has 0 aliphatic heterocycles. The molecule has 0 saturated carbocycles. The van der Waals surface area contributed by atoms with Crippen LogP contribution in [-0.2, 0) is 17.4 Å². The van der Waals surface area contributed by atoms with Crippen LogP contribution in [0.2, 0.25) is 0 Å². The average molecular weight is 388 g/mol. The molecule has 2 aromatic carbocycles. The van der Waals surface area contributed by atoms with Crippen LogP contribution in [0, 0.1) is 11.8 Å². The van der Waals surface area contributed by atoms with E-state index in [2.05, 4.69) is 0 Å². The molecule has 0 heterocycles. The number of rotatable bonds is 2. The Morgan fingerprint density at radius 3 is 1.67 bits per heavy atom. The Morgan fingerprint density at radius 1 is 0.704 bits per heavy atom. The first-order valence-electron chi connectivity index (χ1n) is 7.57. The zero-order valence-corrected chi connectivity index (χ0v) is 13.9. The molecule has 2 nitrogen and oxygen atoms in total. The van der Waals surface area contributed by atoms with Crippen molar-refractivity contribution in [2.45, 2.75) is 30.5 Å². The van der Waals surface area contributed by atoms with Gasteiger partial charge in [-0.15, -0.1) is 0 Å². The number of alkyl halides is 6. The van der Waals surface area contributed by atoms with Gasteiger partial charge in [0, 0.05) is 11.1 Å². The maximum absolute atomic E-state index is 13.4. The zero-order chi connectivity index (χ0) is 20.5. The molecule has 0 amide bonds. The maximum Gasteiger partial charge on any atom is 0.433 e. The fraction of sp³-hybridized carbons (Fsp3) is 0.263. The van der Waals surface area contributed by atoms with Crippen molar-refractivity contribution in [2.24, 2.45) is 0 Å². The molecule has 0 bridgehead atoms. The van der Waals surface area contributed by atoms with Crippen molar-refractivity contribution >= 4 is 0 Å². The molecule has 0 saturated heterocycles. The van der Waals surface area contributed by atoms with Crippen LogP contribution in [0.4, 0.5) is 26.3 Å². The number of hydrogen-bond donors (Lipinski definition) is 2. The normalized spacial score (nSPS) is 16.6. The second-order valence-corrected chi connectivity index (χ2v) is 5.94. The summed E-state index contributed by atoms with van der Waals surface area (Å²) >= 11 is 0. The predicted octanol–water partition coefficient (Wildman–Crippen LogP) is 4.37. The van der Waals surface area contributed by atoms with Gasteiger partial charge in [0.2, 0.25) is 5.60 Å². The Morgan fingerprint density at radius 2 is 1.19 bits per heavy atom. The molecule has 8 heteroatoms. The van der Waals surface area contributed by atoms with Crippen LogP contribution in [0.1, 0.15) is 23.6 Å². The quantitative estimate of drug-likeness (QED) is 0.593. The minimum atomic E-state index is -5.25. The van der Waals surface area contributed by atoms with Gasteiger partial charge in [0.25, 0.3) is 0 Å². The number of halogens is 6. The van der Waals surface area contributed by atoms with E-state index < -0.39 is 40.2 Å². The average Bonchev–Trinajstić information content (AvgIpc) is 2.59. The third-order valence-electron chi connectivity index (χ3n) is 3.85. The molecule has 0 unspecified atom stereocenters. The van der Waals surface area contributed by atoms with E-state index in [0.717, 1.165) is 31.2 Å². The Labute approximate surface area is 151 Å². The van der Waals surface area contributed by atoms with Crippen molar-refractivity contribution < 1.29 is 36.6 Å². The number of aliphatic hydroxyl groups is 2. The maximum atomic E-state index is 13.4. The summed E-state index contributed by atoms with van der Waals surface area (Å²) in [7, 11) is 0. The molecule has 0 spiro atoms. The topological polar surface area (TPSA) is 40.5 Å². The van der Waals surface area contributed by atoms with Crippen molar-refractivity contribution in [1.82, 2.24) is 0 Å². The van der Waals surface area contributed by atoms with Gasteiger partial charge in [-0.2, -0.15) is 26.3 Å². The highest BCUT2D eigenvalue weighted by Crippen LogP contribution is 2.40. The molecular formula is C19H14F6O2. The summed E-state index contributed by atoms with van der Waals surface area (Å²) < 4.78 is 79.6. The highest BCUT2D eigenvalue weighted by Gasteiger charge is 2.54. The van der Waals surface area contributed by atoms with Gasteiger partial charge in [0.15, 0.2) is 0 Å². The standard InChI is InChI=1S/C19H14F6O2/c1-16(26,14-9-5-6-10-15(14)18(20,21)22)11-12-17(27,19(23,24)25)13-7-3-2-4-8-13/h2-10,26-27H,1H3/t16-,17+/m0/s1. The molecule has 0 radical (unpaired) electrons. The second kappa shape index (κ2) is 6.91. The summed E-state index contributed by atoms with van der Waals surface area (Å²) in [6, 6.07) is 9.70. The zero-order valence-electron chi connectivity index (χ0n) is 13.9. The van der Waals surface area contributed by atoms with Crippen LogP contribution in [-0.4, -0.2) is 16.4 Å². The van der Waals surface area contributed by atoms with Crippen molar-refractivity contribution in [3.63, 3.8) is 0 Å². The summed E-state index contributed by atoms with van der Waals surface area (Å²) in [5.74, 6) is 3.30. The lowest BCUT2D eigenvalue weighted by molar-refractivity contribution is -0.240. The van der Waals surface area contributed by atoms with E-state index in [-0.39, 0.29) is 0 Å². The molecule has 2 aromatic rings. The van der Waals surface area contributed by atoms with Crippen molar-refractivity contribution in [1.29, 1.82) is 0 Å². The van der Waals surface area contributed by atoms with Gasteiger partial charge in [-0.25, -0.2) is 0 Å². The molecule has 144 valence electrons. The molecule has 0 fully saturated rings. The molecule has 2 rings (SSSR count). The van der Waals surface area contributed by atoms with Gasteiger partial charge in [-0.3, -0.25) is 0 Å². The summed E-state index contributed by atoms with van der Waals surface area (Å²) in [5, 5.41) is 20.5. The highest BCUT2D eigenvalue weighted by atomic mass is 19.4. The second-order valence-electron chi connectivity index (χ2n) is 5.94. The van der Waals surface area contributed by atoms with Gasteiger partial charge in [-0.1, -0.05) is 60.4 Å². The van der Waals surface area contributed by atoms with Crippen LogP contribution in [0.25, 0.3) is 0 Å². The monoisotopic (exact) mass is 388 g/mol. The first kappa shape index (κ1) is 20.8. The Balaban J connectivity index is 2.60. The Kier molecular flexibility index (Phi) is 5.32. The fourth-order valence-corrected chi connectivity index (χ4v) is 2.42. The molecule has 0 aliphatic rings. The highest BCUT2D eigenvalue weighted by molar-refractivity contribution is 5.42. The van der Waals surface area contributed by atoms with Gasteiger partial charge in [0.1, 0.15) is 5.60 Å². The van der Waals surface area contributed by atoms with E-state index in [9.17, 15) is 36.6 Å². The summed E-state index contributed by atoms with van der Waals surface area (Å²) in [4.78, 5) is 0. The van der Waals surface area contributed by atoms with Gasteiger partial charge >= 0.3 is 12.4 Å². The smallest absolute Gasteiger partial charge is 0.374 e. The third-order valence-corrected chi connectivity index (χ3v) is 3.85. The van der Waals surface area contributed by atoms with Gasteiger partial charge < -0.3 is 10.2 Å². The molecule has 2 N–H and O–H groups in total. The van der Waals surface area contributed by atoms with Gasteiger partial charge in [0.05, 0.1) is 5.56 Å².